The van der Waals surface area contributed by atoms with E-state index in [2.05, 4.69) is 4.98 Å². The monoisotopic (exact) mass is 327 g/mol. The maximum absolute atomic E-state index is 12.4. The van der Waals surface area contributed by atoms with Crippen LogP contribution in [0.5, 0.6) is 0 Å². The zero-order chi connectivity index (χ0) is 17.1. The van der Waals surface area contributed by atoms with Crippen molar-refractivity contribution in [2.24, 2.45) is 5.92 Å². The Bertz CT molecular complexity index is 780. The van der Waals surface area contributed by atoms with Crippen molar-refractivity contribution >= 4 is 22.8 Å². The molecule has 0 aliphatic heterocycles. The van der Waals surface area contributed by atoms with Crippen LogP contribution in [0.1, 0.15) is 47.8 Å². The minimum Gasteiger partial charge on any atom is -0.462 e. The minimum atomic E-state index is -0.428. The molecule has 0 N–H and O–H groups in total. The third-order valence-electron chi connectivity index (χ3n) is 4.50. The molecule has 24 heavy (non-hydrogen) atoms. The number of benzene rings is 1. The number of hydrogen-bond acceptors (Lipinski definition) is 5. The molecule has 0 unspecified atom stereocenters. The van der Waals surface area contributed by atoms with E-state index in [1.165, 1.54) is 0 Å². The van der Waals surface area contributed by atoms with Crippen molar-refractivity contribution in [1.29, 1.82) is 0 Å². The molecule has 0 saturated heterocycles. The first kappa shape index (κ1) is 16.4. The molecule has 0 spiro atoms. The van der Waals surface area contributed by atoms with E-state index in [-0.39, 0.29) is 25.1 Å². The van der Waals surface area contributed by atoms with Crippen LogP contribution in [-0.4, -0.2) is 23.5 Å². The second-order valence-corrected chi connectivity index (χ2v) is 6.03. The molecule has 1 aromatic carbocycles. The standard InChI is InChI=1S/C19H21NO4/c1-3-23-19(22)17-12(2)14-9-4-5-10-15(14)20-16(17)11-24-18(21)13-7-6-8-13/h4-5,9-10,13H,3,6-8,11H2,1-2H3. The molecule has 0 bridgehead atoms. The van der Waals surface area contributed by atoms with Crippen LogP contribution in [0.15, 0.2) is 24.3 Å². The SMILES string of the molecule is CCOC(=O)c1c(COC(=O)C2CCC2)nc2ccccc2c1C. The van der Waals surface area contributed by atoms with Gasteiger partial charge in [0.15, 0.2) is 0 Å². The first-order valence-electron chi connectivity index (χ1n) is 8.33. The molecule has 5 heteroatoms. The molecule has 5 nitrogen and oxygen atoms in total. The van der Waals surface area contributed by atoms with Gasteiger partial charge in [0, 0.05) is 5.39 Å². The number of pyridine rings is 1. The summed E-state index contributed by atoms with van der Waals surface area (Å²) in [6.07, 6.45) is 2.84. The molecular weight excluding hydrogens is 306 g/mol. The lowest BCUT2D eigenvalue weighted by atomic mass is 9.86. The van der Waals surface area contributed by atoms with E-state index in [4.69, 9.17) is 9.47 Å². The average molecular weight is 327 g/mol. The Kier molecular flexibility index (Phi) is 4.79. The van der Waals surface area contributed by atoms with E-state index >= 15 is 0 Å². The van der Waals surface area contributed by atoms with Crippen molar-refractivity contribution in [3.8, 4) is 0 Å². The Morgan fingerprint density at radius 1 is 1.21 bits per heavy atom. The summed E-state index contributed by atoms with van der Waals surface area (Å²) in [6, 6.07) is 7.60. The minimum absolute atomic E-state index is 0.00223. The number of aryl methyl sites for hydroxylation is 1. The lowest BCUT2D eigenvalue weighted by Crippen LogP contribution is -2.24. The number of hydrogen-bond donors (Lipinski definition) is 0. The third kappa shape index (κ3) is 3.11. The molecule has 126 valence electrons. The normalized spacial score (nSPS) is 14.2. The smallest absolute Gasteiger partial charge is 0.340 e. The van der Waals surface area contributed by atoms with Gasteiger partial charge < -0.3 is 9.47 Å². The molecule has 3 rings (SSSR count). The maximum Gasteiger partial charge on any atom is 0.340 e. The van der Waals surface area contributed by atoms with Gasteiger partial charge in [-0.25, -0.2) is 9.78 Å². The Labute approximate surface area is 141 Å². The predicted molar refractivity (Wildman–Crippen MR) is 89.6 cm³/mol. The van der Waals surface area contributed by atoms with Gasteiger partial charge in [0.05, 0.1) is 29.3 Å². The van der Waals surface area contributed by atoms with Gasteiger partial charge in [0.2, 0.25) is 0 Å². The molecule has 0 atom stereocenters. The van der Waals surface area contributed by atoms with Gasteiger partial charge in [-0.2, -0.15) is 0 Å². The summed E-state index contributed by atoms with van der Waals surface area (Å²) in [5.74, 6) is -0.635. The molecule has 1 aromatic heterocycles. The fourth-order valence-corrected chi connectivity index (χ4v) is 2.92. The quantitative estimate of drug-likeness (QED) is 0.786. The first-order chi connectivity index (χ1) is 11.6. The van der Waals surface area contributed by atoms with E-state index in [1.54, 1.807) is 6.92 Å². The molecule has 1 heterocycles. The van der Waals surface area contributed by atoms with Gasteiger partial charge in [0.25, 0.3) is 0 Å². The van der Waals surface area contributed by atoms with Gasteiger partial charge >= 0.3 is 11.9 Å². The molecule has 1 aliphatic carbocycles. The highest BCUT2D eigenvalue weighted by Gasteiger charge is 2.28. The topological polar surface area (TPSA) is 65.5 Å². The number of rotatable bonds is 5. The maximum atomic E-state index is 12.4. The molecule has 0 radical (unpaired) electrons. The predicted octanol–water partition coefficient (Wildman–Crippen LogP) is 3.56. The van der Waals surface area contributed by atoms with Crippen molar-refractivity contribution in [2.75, 3.05) is 6.61 Å². The number of ether oxygens (including phenoxy) is 2. The van der Waals surface area contributed by atoms with Gasteiger partial charge in [-0.1, -0.05) is 24.6 Å². The van der Waals surface area contributed by atoms with Gasteiger partial charge in [-0.05, 0) is 38.3 Å². The number of carbonyl (C=O) groups excluding carboxylic acids is 2. The molecular formula is C19H21NO4. The van der Waals surface area contributed by atoms with Crippen LogP contribution in [0.3, 0.4) is 0 Å². The molecule has 1 saturated carbocycles. The van der Waals surface area contributed by atoms with Crippen LogP contribution in [-0.2, 0) is 20.9 Å². The highest BCUT2D eigenvalue weighted by Crippen LogP contribution is 2.29. The van der Waals surface area contributed by atoms with Crippen LogP contribution in [0.4, 0.5) is 0 Å². The number of aromatic nitrogens is 1. The average Bonchev–Trinajstić information content (AvgIpc) is 2.51. The second-order valence-electron chi connectivity index (χ2n) is 6.03. The summed E-state index contributed by atoms with van der Waals surface area (Å²) < 4.78 is 10.6. The Balaban J connectivity index is 1.95. The Morgan fingerprint density at radius 3 is 2.62 bits per heavy atom. The van der Waals surface area contributed by atoms with Crippen LogP contribution in [0.2, 0.25) is 0 Å². The van der Waals surface area contributed by atoms with E-state index in [0.29, 0.717) is 11.3 Å². The summed E-state index contributed by atoms with van der Waals surface area (Å²) in [5, 5.41) is 0.898. The van der Waals surface area contributed by atoms with E-state index in [0.717, 1.165) is 35.7 Å². The summed E-state index contributed by atoms with van der Waals surface area (Å²) in [7, 11) is 0. The number of esters is 2. The van der Waals surface area contributed by atoms with Gasteiger partial charge in [-0.15, -0.1) is 0 Å². The van der Waals surface area contributed by atoms with Crippen molar-refractivity contribution < 1.29 is 19.1 Å². The van der Waals surface area contributed by atoms with E-state index in [1.807, 2.05) is 31.2 Å². The van der Waals surface area contributed by atoms with Crippen LogP contribution in [0.25, 0.3) is 10.9 Å². The van der Waals surface area contributed by atoms with Crippen molar-refractivity contribution in [3.05, 3.63) is 41.1 Å². The Morgan fingerprint density at radius 2 is 1.96 bits per heavy atom. The largest absolute Gasteiger partial charge is 0.462 e. The molecule has 1 fully saturated rings. The zero-order valence-electron chi connectivity index (χ0n) is 14.0. The summed E-state index contributed by atoms with van der Waals surface area (Å²) in [5.41, 5.74) is 2.43. The number of fused-ring (bicyclic) bond motifs is 1. The van der Waals surface area contributed by atoms with Gasteiger partial charge in [-0.3, -0.25) is 4.79 Å². The number of para-hydroxylation sites is 1. The molecule has 1 aliphatic rings. The van der Waals surface area contributed by atoms with Crippen molar-refractivity contribution in [1.82, 2.24) is 4.98 Å². The lowest BCUT2D eigenvalue weighted by molar-refractivity contribution is -0.152. The van der Waals surface area contributed by atoms with Crippen molar-refractivity contribution in [2.45, 2.75) is 39.7 Å². The van der Waals surface area contributed by atoms with Crippen LogP contribution < -0.4 is 0 Å². The fourth-order valence-electron chi connectivity index (χ4n) is 2.92. The lowest BCUT2D eigenvalue weighted by Gasteiger charge is -2.23. The molecule has 2 aromatic rings. The highest BCUT2D eigenvalue weighted by atomic mass is 16.5. The van der Waals surface area contributed by atoms with Crippen molar-refractivity contribution in [3.63, 3.8) is 0 Å². The summed E-state index contributed by atoms with van der Waals surface area (Å²) in [4.78, 5) is 28.9. The summed E-state index contributed by atoms with van der Waals surface area (Å²) >= 11 is 0. The van der Waals surface area contributed by atoms with E-state index < -0.39 is 5.97 Å². The highest BCUT2D eigenvalue weighted by molar-refractivity contribution is 5.98. The summed E-state index contributed by atoms with van der Waals surface area (Å²) in [6.45, 7) is 3.91. The fraction of sp³-hybridized carbons (Fsp3) is 0.421. The number of carbonyl (C=O) groups is 2. The van der Waals surface area contributed by atoms with Gasteiger partial charge in [0.1, 0.15) is 6.61 Å². The van der Waals surface area contributed by atoms with E-state index in [9.17, 15) is 9.59 Å². The van der Waals surface area contributed by atoms with Crippen LogP contribution in [0, 0.1) is 12.8 Å². The zero-order valence-corrected chi connectivity index (χ0v) is 14.0. The first-order valence-corrected chi connectivity index (χ1v) is 8.33. The number of nitrogens with zero attached hydrogens (tertiary/aromatic N) is 1. The van der Waals surface area contributed by atoms with Crippen LogP contribution >= 0.6 is 0 Å². The third-order valence-corrected chi connectivity index (χ3v) is 4.50. The molecule has 0 amide bonds. The second kappa shape index (κ2) is 6.99. The Hall–Kier alpha value is -2.43.